The van der Waals surface area contributed by atoms with Crippen LogP contribution in [0.25, 0.3) is 0 Å². The molecule has 1 amide bonds. The van der Waals surface area contributed by atoms with E-state index in [1.165, 1.54) is 0 Å². The van der Waals surface area contributed by atoms with Crippen molar-refractivity contribution in [2.75, 3.05) is 6.54 Å². The van der Waals surface area contributed by atoms with Crippen LogP contribution >= 0.6 is 11.6 Å². The normalized spacial score (nSPS) is 26.1. The quantitative estimate of drug-likeness (QED) is 0.646. The lowest BCUT2D eigenvalue weighted by Gasteiger charge is -2.31. The Morgan fingerprint density at radius 1 is 1.44 bits per heavy atom. The number of halogens is 4. The number of hydrogen-bond acceptors (Lipinski definition) is 3. The van der Waals surface area contributed by atoms with E-state index in [2.05, 4.69) is 9.98 Å². The van der Waals surface area contributed by atoms with Crippen LogP contribution in [-0.2, 0) is 4.79 Å². The van der Waals surface area contributed by atoms with Gasteiger partial charge in [0.1, 0.15) is 5.17 Å². The van der Waals surface area contributed by atoms with Gasteiger partial charge in [0.05, 0.1) is 6.42 Å². The number of carbonyl (C=O) groups is 1. The van der Waals surface area contributed by atoms with Crippen molar-refractivity contribution >= 4 is 28.6 Å². The highest BCUT2D eigenvalue weighted by molar-refractivity contribution is 6.68. The Morgan fingerprint density at radius 3 is 2.75 bits per heavy atom. The first-order valence-corrected chi connectivity index (χ1v) is 4.93. The second kappa shape index (κ2) is 3.73. The molecule has 0 radical (unpaired) electrons. The van der Waals surface area contributed by atoms with Crippen LogP contribution < -0.4 is 0 Å². The molecule has 0 aromatic heterocycles. The van der Waals surface area contributed by atoms with E-state index in [1.54, 1.807) is 0 Å². The van der Waals surface area contributed by atoms with Gasteiger partial charge in [0, 0.05) is 6.54 Å². The van der Waals surface area contributed by atoms with Crippen LogP contribution in [0.5, 0.6) is 0 Å². The summed E-state index contributed by atoms with van der Waals surface area (Å²) in [5, 5.41) is -0.0252. The van der Waals surface area contributed by atoms with E-state index in [9.17, 15) is 18.0 Å². The van der Waals surface area contributed by atoms with Crippen LogP contribution in [-0.4, -0.2) is 40.7 Å². The van der Waals surface area contributed by atoms with Crippen molar-refractivity contribution in [3.05, 3.63) is 0 Å². The Bertz CT molecular complexity index is 390. The molecular formula is C8H7ClF3N3O. The maximum Gasteiger partial charge on any atom is 0.410 e. The van der Waals surface area contributed by atoms with Gasteiger partial charge in [-0.1, -0.05) is 11.6 Å². The Hall–Kier alpha value is -1.11. The van der Waals surface area contributed by atoms with E-state index in [1.807, 2.05) is 0 Å². The van der Waals surface area contributed by atoms with Crippen LogP contribution in [0.15, 0.2) is 9.98 Å². The van der Waals surface area contributed by atoms with Gasteiger partial charge in [0.15, 0.2) is 6.04 Å². The molecule has 0 spiro atoms. The number of rotatable bonds is 0. The Balaban J connectivity index is 2.32. The second-order valence-corrected chi connectivity index (χ2v) is 3.92. The number of amides is 1. The van der Waals surface area contributed by atoms with Gasteiger partial charge in [-0.25, -0.2) is 9.98 Å². The minimum atomic E-state index is -4.40. The predicted molar refractivity (Wildman–Crippen MR) is 51.5 cm³/mol. The van der Waals surface area contributed by atoms with Crippen LogP contribution in [0.2, 0.25) is 0 Å². The molecule has 0 aromatic rings. The first kappa shape index (κ1) is 11.4. The molecule has 4 nitrogen and oxygen atoms in total. The van der Waals surface area contributed by atoms with Crippen molar-refractivity contribution in [2.45, 2.75) is 25.1 Å². The number of nitrogens with zero attached hydrogens (tertiary/aromatic N) is 3. The summed E-state index contributed by atoms with van der Waals surface area (Å²) in [6, 6.07) is -1.79. The standard InChI is InChI=1S/C8H7ClF3N3O/c9-5-3-6(16)15-2-1-4(8(10,11)12)13-7(15)14-5/h4H,1-3H2. The number of hydrogen-bond donors (Lipinski definition) is 0. The van der Waals surface area contributed by atoms with Crippen LogP contribution in [0, 0.1) is 0 Å². The fraction of sp³-hybridized carbons (Fsp3) is 0.625. The van der Waals surface area contributed by atoms with Crippen molar-refractivity contribution in [2.24, 2.45) is 9.98 Å². The molecule has 0 aliphatic carbocycles. The third-order valence-corrected chi connectivity index (χ3v) is 2.55. The van der Waals surface area contributed by atoms with Gasteiger partial charge >= 0.3 is 6.18 Å². The van der Waals surface area contributed by atoms with E-state index in [0.29, 0.717) is 0 Å². The smallest absolute Gasteiger partial charge is 0.281 e. The average molecular weight is 254 g/mol. The maximum absolute atomic E-state index is 12.4. The van der Waals surface area contributed by atoms with Crippen molar-refractivity contribution in [1.82, 2.24) is 4.90 Å². The summed E-state index contributed by atoms with van der Waals surface area (Å²) >= 11 is 5.53. The minimum absolute atomic E-state index is 0.0183. The van der Waals surface area contributed by atoms with Crippen molar-refractivity contribution in [3.63, 3.8) is 0 Å². The fourth-order valence-electron chi connectivity index (χ4n) is 1.56. The van der Waals surface area contributed by atoms with Gasteiger partial charge in [-0.3, -0.25) is 9.69 Å². The second-order valence-electron chi connectivity index (χ2n) is 3.49. The lowest BCUT2D eigenvalue weighted by molar-refractivity contribution is -0.152. The molecule has 8 heteroatoms. The number of aliphatic imine (C=N–C) groups is 2. The molecule has 0 N–H and O–H groups in total. The van der Waals surface area contributed by atoms with Crippen molar-refractivity contribution in [1.29, 1.82) is 0 Å². The van der Waals surface area contributed by atoms with Gasteiger partial charge in [-0.05, 0) is 6.42 Å². The summed E-state index contributed by atoms with van der Waals surface area (Å²) in [5.74, 6) is -0.589. The first-order valence-electron chi connectivity index (χ1n) is 4.56. The third-order valence-electron chi connectivity index (χ3n) is 2.34. The summed E-state index contributed by atoms with van der Waals surface area (Å²) in [7, 11) is 0. The molecule has 1 unspecified atom stereocenters. The average Bonchev–Trinajstić information content (AvgIpc) is 2.15. The fourth-order valence-corrected chi connectivity index (χ4v) is 1.75. The first-order chi connectivity index (χ1) is 7.38. The highest BCUT2D eigenvalue weighted by Crippen LogP contribution is 2.29. The molecule has 0 saturated heterocycles. The number of fused-ring (bicyclic) bond motifs is 1. The molecule has 0 fully saturated rings. The van der Waals surface area contributed by atoms with Gasteiger partial charge < -0.3 is 0 Å². The van der Waals surface area contributed by atoms with E-state index < -0.39 is 12.2 Å². The molecule has 1 atom stereocenters. The van der Waals surface area contributed by atoms with Crippen LogP contribution in [0.1, 0.15) is 12.8 Å². The zero-order valence-electron chi connectivity index (χ0n) is 7.96. The summed E-state index contributed by atoms with van der Waals surface area (Å²) in [4.78, 5) is 19.6. The zero-order valence-corrected chi connectivity index (χ0v) is 8.72. The van der Waals surface area contributed by atoms with E-state index in [0.717, 1.165) is 4.90 Å². The highest BCUT2D eigenvalue weighted by atomic mass is 35.5. The molecule has 2 aliphatic heterocycles. The van der Waals surface area contributed by atoms with Crippen LogP contribution in [0.4, 0.5) is 13.2 Å². The molecule has 88 valence electrons. The van der Waals surface area contributed by atoms with Crippen LogP contribution in [0.3, 0.4) is 0 Å². The SMILES string of the molecule is O=C1CC(Cl)=NC2=NC(C(F)(F)F)CCN12. The largest absolute Gasteiger partial charge is 0.410 e. The number of guanidine groups is 1. The molecule has 0 aromatic carbocycles. The van der Waals surface area contributed by atoms with Crippen molar-refractivity contribution in [3.8, 4) is 0 Å². The molecule has 2 rings (SSSR count). The summed E-state index contributed by atoms with van der Waals surface area (Å²) in [5.41, 5.74) is 0. The summed E-state index contributed by atoms with van der Waals surface area (Å²) in [6.07, 6.45) is -4.70. The van der Waals surface area contributed by atoms with Gasteiger partial charge in [-0.15, -0.1) is 0 Å². The van der Waals surface area contributed by atoms with Crippen molar-refractivity contribution < 1.29 is 18.0 Å². The van der Waals surface area contributed by atoms with Gasteiger partial charge in [0.25, 0.3) is 0 Å². The zero-order chi connectivity index (χ0) is 11.9. The van der Waals surface area contributed by atoms with E-state index in [-0.39, 0.29) is 36.4 Å². The summed E-state index contributed by atoms with van der Waals surface area (Å²) < 4.78 is 37.2. The van der Waals surface area contributed by atoms with E-state index in [4.69, 9.17) is 11.6 Å². The molecular weight excluding hydrogens is 247 g/mol. The predicted octanol–water partition coefficient (Wildman–Crippen LogP) is 1.55. The monoisotopic (exact) mass is 253 g/mol. The third kappa shape index (κ3) is 2.04. The molecule has 0 saturated carbocycles. The molecule has 2 aliphatic rings. The maximum atomic E-state index is 12.4. The molecule has 2 heterocycles. The van der Waals surface area contributed by atoms with Gasteiger partial charge in [0.2, 0.25) is 11.9 Å². The minimum Gasteiger partial charge on any atom is -0.281 e. The topological polar surface area (TPSA) is 45.0 Å². The Morgan fingerprint density at radius 2 is 2.12 bits per heavy atom. The number of alkyl halides is 3. The molecule has 0 bridgehead atoms. The highest BCUT2D eigenvalue weighted by Gasteiger charge is 2.43. The lowest BCUT2D eigenvalue weighted by Crippen LogP contribution is -2.47. The molecule has 16 heavy (non-hydrogen) atoms. The Kier molecular flexibility index (Phi) is 2.65. The summed E-state index contributed by atoms with van der Waals surface area (Å²) in [6.45, 7) is -0.0183. The van der Waals surface area contributed by atoms with Gasteiger partial charge in [-0.2, -0.15) is 13.2 Å². The Labute approximate surface area is 93.8 Å². The number of carbonyl (C=O) groups excluding carboxylic acids is 1. The van der Waals surface area contributed by atoms with E-state index >= 15 is 0 Å². The lowest BCUT2D eigenvalue weighted by atomic mass is 10.1.